The monoisotopic (exact) mass is 421 g/mol. The van der Waals surface area contributed by atoms with Gasteiger partial charge in [0.2, 0.25) is 0 Å². The number of aromatic nitrogens is 1. The molecule has 5 rings (SSSR count). The second kappa shape index (κ2) is 8.75. The third kappa shape index (κ3) is 3.92. The summed E-state index contributed by atoms with van der Waals surface area (Å²) in [5, 5.41) is 3.17. The fourth-order valence-corrected chi connectivity index (χ4v) is 4.50. The van der Waals surface area contributed by atoms with Crippen LogP contribution in [0.4, 0.5) is 4.79 Å². The van der Waals surface area contributed by atoms with Crippen LogP contribution in [0, 0.1) is 6.92 Å². The Hall–Kier alpha value is -3.79. The predicted molar refractivity (Wildman–Crippen MR) is 128 cm³/mol. The Morgan fingerprint density at radius 3 is 2.47 bits per heavy atom. The molecule has 160 valence electrons. The van der Waals surface area contributed by atoms with E-state index in [1.807, 2.05) is 29.2 Å². The molecular weight excluding hydrogens is 394 g/mol. The normalized spacial score (nSPS) is 14.9. The summed E-state index contributed by atoms with van der Waals surface area (Å²) in [4.78, 5) is 15.5. The van der Waals surface area contributed by atoms with Crippen LogP contribution in [0.3, 0.4) is 0 Å². The van der Waals surface area contributed by atoms with Gasteiger partial charge in [-0.25, -0.2) is 4.79 Å². The van der Waals surface area contributed by atoms with Crippen LogP contribution < -0.4 is 5.32 Å². The average molecular weight is 422 g/mol. The van der Waals surface area contributed by atoms with Crippen LogP contribution in [0.15, 0.2) is 97.2 Å². The zero-order chi connectivity index (χ0) is 21.9. The maximum atomic E-state index is 13.5. The summed E-state index contributed by atoms with van der Waals surface area (Å²) < 4.78 is 2.22. The smallest absolute Gasteiger partial charge is 0.318 e. The molecule has 1 aliphatic rings. The first-order chi connectivity index (χ1) is 15.7. The molecule has 0 spiro atoms. The quantitative estimate of drug-likeness (QED) is 0.455. The minimum Gasteiger partial charge on any atom is -0.338 e. The summed E-state index contributed by atoms with van der Waals surface area (Å²) in [5.74, 6) is 0. The zero-order valence-corrected chi connectivity index (χ0v) is 18.2. The lowest BCUT2D eigenvalue weighted by atomic mass is 10.0. The summed E-state index contributed by atoms with van der Waals surface area (Å²) in [7, 11) is 0. The fraction of sp³-hybridized carbons (Fsp3) is 0.179. The van der Waals surface area contributed by atoms with Crippen molar-refractivity contribution in [1.29, 1.82) is 0 Å². The predicted octanol–water partition coefficient (Wildman–Crippen LogP) is 5.64. The van der Waals surface area contributed by atoms with Crippen molar-refractivity contribution in [1.82, 2.24) is 14.8 Å². The van der Waals surface area contributed by atoms with Gasteiger partial charge in [-0.1, -0.05) is 78.4 Å². The van der Waals surface area contributed by atoms with Crippen LogP contribution in [0.1, 0.15) is 34.0 Å². The minimum atomic E-state index is -0.172. The van der Waals surface area contributed by atoms with Crippen LogP contribution in [-0.2, 0) is 13.0 Å². The lowest BCUT2D eigenvalue weighted by Gasteiger charge is -2.31. The SMILES string of the molecule is Cc1ccc([C@H]2c3cccn3-c3ccccc3CN2C(=O)NCCc2ccccc2)cc1. The number of nitrogens with one attached hydrogen (secondary N) is 1. The largest absolute Gasteiger partial charge is 0.338 e. The van der Waals surface area contributed by atoms with Crippen molar-refractivity contribution >= 4 is 6.03 Å². The van der Waals surface area contributed by atoms with Gasteiger partial charge >= 0.3 is 6.03 Å². The maximum absolute atomic E-state index is 13.5. The summed E-state index contributed by atoms with van der Waals surface area (Å²) in [5.41, 5.74) is 6.90. The Morgan fingerprint density at radius 1 is 0.906 bits per heavy atom. The molecule has 0 saturated carbocycles. The van der Waals surface area contributed by atoms with Crippen molar-refractivity contribution < 1.29 is 4.79 Å². The summed E-state index contributed by atoms with van der Waals surface area (Å²) >= 11 is 0. The van der Waals surface area contributed by atoms with Gasteiger partial charge in [-0.05, 0) is 48.2 Å². The standard InChI is InChI=1S/C28H27N3O/c1-21-13-15-23(16-14-21)27-26-12-7-19-30(26)25-11-6-5-10-24(25)20-31(27)28(32)29-18-17-22-8-3-2-4-9-22/h2-16,19,27H,17-18,20H2,1H3,(H,29,32)/t27-/m0/s1. The lowest BCUT2D eigenvalue weighted by molar-refractivity contribution is 0.181. The topological polar surface area (TPSA) is 37.3 Å². The highest BCUT2D eigenvalue weighted by Gasteiger charge is 2.32. The number of urea groups is 1. The van der Waals surface area contributed by atoms with Gasteiger partial charge in [-0.15, -0.1) is 0 Å². The second-order valence-electron chi connectivity index (χ2n) is 8.34. The van der Waals surface area contributed by atoms with Crippen molar-refractivity contribution in [3.63, 3.8) is 0 Å². The van der Waals surface area contributed by atoms with E-state index in [0.717, 1.165) is 28.9 Å². The molecule has 1 atom stereocenters. The Balaban J connectivity index is 1.49. The lowest BCUT2D eigenvalue weighted by Crippen LogP contribution is -2.42. The molecule has 4 aromatic rings. The Kier molecular flexibility index (Phi) is 5.51. The van der Waals surface area contributed by atoms with E-state index in [1.165, 1.54) is 11.1 Å². The van der Waals surface area contributed by atoms with E-state index in [9.17, 15) is 4.79 Å². The summed E-state index contributed by atoms with van der Waals surface area (Å²) in [6.07, 6.45) is 2.90. The van der Waals surface area contributed by atoms with E-state index in [0.29, 0.717) is 13.1 Å². The Labute approximate surface area is 189 Å². The molecule has 4 heteroatoms. The third-order valence-corrected chi connectivity index (χ3v) is 6.15. The number of hydrogen-bond donors (Lipinski definition) is 1. The molecule has 2 amide bonds. The molecule has 1 aromatic heterocycles. The van der Waals surface area contributed by atoms with E-state index in [4.69, 9.17) is 0 Å². The highest BCUT2D eigenvalue weighted by atomic mass is 16.2. The van der Waals surface area contributed by atoms with Crippen LogP contribution >= 0.6 is 0 Å². The zero-order valence-electron chi connectivity index (χ0n) is 18.2. The molecule has 0 radical (unpaired) electrons. The number of benzene rings is 3. The van der Waals surface area contributed by atoms with Crippen molar-refractivity contribution in [2.45, 2.75) is 25.9 Å². The van der Waals surface area contributed by atoms with E-state index in [1.54, 1.807) is 0 Å². The maximum Gasteiger partial charge on any atom is 0.318 e. The molecule has 3 aromatic carbocycles. The molecule has 2 heterocycles. The first kappa shape index (κ1) is 20.1. The number of amides is 2. The van der Waals surface area contributed by atoms with Gasteiger partial charge in [0, 0.05) is 18.4 Å². The first-order valence-corrected chi connectivity index (χ1v) is 11.1. The summed E-state index contributed by atoms with van der Waals surface area (Å²) in [6.45, 7) is 3.24. The highest BCUT2D eigenvalue weighted by Crippen LogP contribution is 2.36. The number of nitrogens with zero attached hydrogens (tertiary/aromatic N) is 2. The van der Waals surface area contributed by atoms with Crippen molar-refractivity contribution in [2.24, 2.45) is 0 Å². The highest BCUT2D eigenvalue weighted by molar-refractivity contribution is 5.76. The van der Waals surface area contributed by atoms with Crippen LogP contribution in [0.5, 0.6) is 0 Å². The van der Waals surface area contributed by atoms with Gasteiger partial charge in [-0.3, -0.25) is 0 Å². The number of fused-ring (bicyclic) bond motifs is 3. The summed E-state index contributed by atoms with van der Waals surface area (Å²) in [6, 6.07) is 31.1. The second-order valence-corrected chi connectivity index (χ2v) is 8.34. The number of rotatable bonds is 4. The van der Waals surface area contributed by atoms with Crippen LogP contribution in [0.25, 0.3) is 5.69 Å². The van der Waals surface area contributed by atoms with Gasteiger partial charge in [0.15, 0.2) is 0 Å². The number of hydrogen-bond acceptors (Lipinski definition) is 1. The van der Waals surface area contributed by atoms with Crippen LogP contribution in [0.2, 0.25) is 0 Å². The number of carbonyl (C=O) groups excluding carboxylic acids is 1. The van der Waals surface area contributed by atoms with Gasteiger partial charge in [-0.2, -0.15) is 0 Å². The molecule has 0 fully saturated rings. The first-order valence-electron chi connectivity index (χ1n) is 11.1. The molecule has 32 heavy (non-hydrogen) atoms. The molecule has 0 bridgehead atoms. The molecule has 0 aliphatic carbocycles. The molecule has 1 N–H and O–H groups in total. The Bertz CT molecular complexity index is 1210. The van der Waals surface area contributed by atoms with Crippen molar-refractivity contribution in [3.8, 4) is 5.69 Å². The van der Waals surface area contributed by atoms with Gasteiger partial charge < -0.3 is 14.8 Å². The number of aryl methyl sites for hydroxylation is 1. The minimum absolute atomic E-state index is 0.0454. The van der Waals surface area contributed by atoms with Gasteiger partial charge in [0.05, 0.1) is 18.3 Å². The molecular formula is C28H27N3O. The molecule has 1 aliphatic heterocycles. The van der Waals surface area contributed by atoms with E-state index >= 15 is 0 Å². The number of carbonyl (C=O) groups is 1. The molecule has 4 nitrogen and oxygen atoms in total. The van der Waals surface area contributed by atoms with Crippen molar-refractivity contribution in [3.05, 3.63) is 125 Å². The Morgan fingerprint density at radius 2 is 1.66 bits per heavy atom. The fourth-order valence-electron chi connectivity index (χ4n) is 4.50. The molecule has 0 unspecified atom stereocenters. The average Bonchev–Trinajstić information content (AvgIpc) is 3.25. The number of para-hydroxylation sites is 1. The third-order valence-electron chi connectivity index (χ3n) is 6.15. The van der Waals surface area contributed by atoms with E-state index in [-0.39, 0.29) is 12.1 Å². The van der Waals surface area contributed by atoms with E-state index in [2.05, 4.69) is 89.7 Å². The van der Waals surface area contributed by atoms with Crippen LogP contribution in [-0.4, -0.2) is 22.0 Å². The van der Waals surface area contributed by atoms with Gasteiger partial charge in [0.25, 0.3) is 0 Å². The van der Waals surface area contributed by atoms with E-state index < -0.39 is 0 Å². The molecule has 0 saturated heterocycles. The van der Waals surface area contributed by atoms with Gasteiger partial charge in [0.1, 0.15) is 0 Å². The van der Waals surface area contributed by atoms with Crippen molar-refractivity contribution in [2.75, 3.05) is 6.54 Å².